The summed E-state index contributed by atoms with van der Waals surface area (Å²) in [6, 6.07) is 1.03. The molecule has 2 atom stereocenters. The first kappa shape index (κ1) is 18.8. The first-order valence-corrected chi connectivity index (χ1v) is 8.74. The van der Waals surface area contributed by atoms with Gasteiger partial charge in [-0.2, -0.15) is 0 Å². The Morgan fingerprint density at radius 1 is 1.21 bits per heavy atom. The molecule has 116 valence electrons. The minimum absolute atomic E-state index is 0.288. The van der Waals surface area contributed by atoms with Crippen LogP contribution < -0.4 is 0 Å². The summed E-state index contributed by atoms with van der Waals surface area (Å²) < 4.78 is 31.5. The van der Waals surface area contributed by atoms with Crippen LogP contribution in [0.5, 0.6) is 0 Å². The van der Waals surface area contributed by atoms with Gasteiger partial charge in [-0.25, -0.2) is 8.42 Å². The van der Waals surface area contributed by atoms with E-state index in [2.05, 4.69) is 16.6 Å². The van der Waals surface area contributed by atoms with Crippen LogP contribution in [0.2, 0.25) is 0 Å². The molecule has 5 nitrogen and oxygen atoms in total. The van der Waals surface area contributed by atoms with E-state index in [4.69, 9.17) is 4.74 Å². The normalized spacial score (nSPS) is 24.1. The maximum Gasteiger partial charge on any atom is 0.147 e. The van der Waals surface area contributed by atoms with Crippen LogP contribution in [-0.4, -0.2) is 71.9 Å². The lowest BCUT2D eigenvalue weighted by Gasteiger charge is -2.27. The summed E-state index contributed by atoms with van der Waals surface area (Å²) in [6.45, 7) is 3.82. The van der Waals surface area contributed by atoms with Gasteiger partial charge in [-0.05, 0) is 32.7 Å². The maximum absolute atomic E-state index is 11.1. The lowest BCUT2D eigenvalue weighted by Crippen LogP contribution is -2.38. The van der Waals surface area contributed by atoms with Crippen LogP contribution in [0.15, 0.2) is 0 Å². The van der Waals surface area contributed by atoms with Crippen LogP contribution in [0.3, 0.4) is 0 Å². The van der Waals surface area contributed by atoms with Crippen molar-refractivity contribution >= 4 is 9.84 Å². The number of likely N-dealkylation sites (tertiary alicyclic amines) is 1. The zero-order valence-electron chi connectivity index (χ0n) is 12.9. The molecule has 1 rings (SSSR count). The first-order chi connectivity index (χ1) is 8.85. The number of methoxy groups -OCH3 is 2. The molecule has 0 aliphatic carbocycles. The Labute approximate surface area is 118 Å². The topological polar surface area (TPSA) is 55.8 Å². The van der Waals surface area contributed by atoms with Crippen molar-refractivity contribution in [2.75, 3.05) is 46.5 Å². The van der Waals surface area contributed by atoms with Gasteiger partial charge in [0.05, 0.1) is 12.4 Å². The molecule has 0 aromatic carbocycles. The summed E-state index contributed by atoms with van der Waals surface area (Å²) in [5.74, 6) is 0.288. The Morgan fingerprint density at radius 3 is 2.26 bits per heavy atom. The molecule has 1 unspecified atom stereocenters. The Bertz CT molecular complexity index is 317. The molecule has 0 bridgehead atoms. The van der Waals surface area contributed by atoms with Gasteiger partial charge in [-0.15, -0.1) is 0 Å². The van der Waals surface area contributed by atoms with Gasteiger partial charge in [-0.3, -0.25) is 4.90 Å². The van der Waals surface area contributed by atoms with Gasteiger partial charge in [-0.1, -0.05) is 0 Å². The second-order valence-corrected chi connectivity index (χ2v) is 7.42. The largest absolute Gasteiger partial charge is 0.388 e. The molecule has 0 amide bonds. The maximum atomic E-state index is 11.1. The molecule has 0 radical (unpaired) electrons. The number of sulfone groups is 1. The van der Waals surface area contributed by atoms with Gasteiger partial charge in [0.25, 0.3) is 0 Å². The monoisotopic (exact) mass is 295 g/mol. The summed E-state index contributed by atoms with van der Waals surface area (Å²) in [5.41, 5.74) is 0. The minimum atomic E-state index is -2.82. The van der Waals surface area contributed by atoms with Gasteiger partial charge in [0.15, 0.2) is 0 Å². The van der Waals surface area contributed by atoms with Gasteiger partial charge < -0.3 is 9.47 Å². The zero-order valence-corrected chi connectivity index (χ0v) is 13.7. The Kier molecular flexibility index (Phi) is 9.60. The minimum Gasteiger partial charge on any atom is -0.388 e. The molecule has 0 aromatic rings. The Morgan fingerprint density at radius 2 is 1.79 bits per heavy atom. The van der Waals surface area contributed by atoms with E-state index in [9.17, 15) is 8.42 Å². The van der Waals surface area contributed by atoms with Crippen LogP contribution in [0, 0.1) is 0 Å². The molecule has 0 saturated carbocycles. The predicted molar refractivity (Wildman–Crippen MR) is 78.3 cm³/mol. The summed E-state index contributed by atoms with van der Waals surface area (Å²) in [5, 5.41) is 0. The van der Waals surface area contributed by atoms with E-state index >= 15 is 0 Å². The summed E-state index contributed by atoms with van der Waals surface area (Å²) in [6.07, 6.45) is 4.37. The second kappa shape index (κ2) is 9.69. The fourth-order valence-corrected chi connectivity index (χ4v) is 3.06. The predicted octanol–water partition coefficient (Wildman–Crippen LogP) is 1.18. The van der Waals surface area contributed by atoms with E-state index in [1.165, 1.54) is 12.7 Å². The molecule has 1 fully saturated rings. The average Bonchev–Trinajstić information content (AvgIpc) is 2.61. The highest BCUT2D eigenvalue weighted by atomic mass is 32.2. The van der Waals surface area contributed by atoms with Gasteiger partial charge in [0, 0.05) is 39.7 Å². The molecule has 1 heterocycles. The molecule has 1 aliphatic heterocycles. The lowest BCUT2D eigenvalue weighted by molar-refractivity contribution is 0.100. The first-order valence-electron chi connectivity index (χ1n) is 6.68. The van der Waals surface area contributed by atoms with Crippen molar-refractivity contribution in [3.8, 4) is 0 Å². The molecular weight excluding hydrogens is 266 g/mol. The third kappa shape index (κ3) is 8.57. The number of nitrogens with zero attached hydrogens (tertiary/aromatic N) is 1. The van der Waals surface area contributed by atoms with Crippen molar-refractivity contribution in [2.24, 2.45) is 0 Å². The number of hydrogen-bond acceptors (Lipinski definition) is 5. The van der Waals surface area contributed by atoms with Crippen molar-refractivity contribution in [3.05, 3.63) is 0 Å². The lowest BCUT2D eigenvalue weighted by atomic mass is 10.2. The number of ether oxygens (including phenoxy) is 2. The highest BCUT2D eigenvalue weighted by Crippen LogP contribution is 2.24. The quantitative estimate of drug-likeness (QED) is 0.736. The third-order valence-electron chi connectivity index (χ3n) is 3.24. The van der Waals surface area contributed by atoms with Crippen molar-refractivity contribution < 1.29 is 17.9 Å². The number of rotatable bonds is 6. The van der Waals surface area contributed by atoms with Crippen molar-refractivity contribution in [1.82, 2.24) is 4.90 Å². The molecule has 0 N–H and O–H groups in total. The molecule has 0 spiro atoms. The fourth-order valence-electron chi connectivity index (χ4n) is 2.41. The van der Waals surface area contributed by atoms with Gasteiger partial charge >= 0.3 is 0 Å². The highest BCUT2D eigenvalue weighted by Gasteiger charge is 2.29. The molecule has 1 aliphatic rings. The van der Waals surface area contributed by atoms with E-state index in [0.717, 1.165) is 26.0 Å². The summed E-state index contributed by atoms with van der Waals surface area (Å²) in [4.78, 5) is 2.38. The Balaban J connectivity index is 0.000000982. The van der Waals surface area contributed by atoms with Crippen molar-refractivity contribution in [2.45, 2.75) is 38.3 Å². The molecular formula is C13H29NO4S. The van der Waals surface area contributed by atoms with E-state index in [0.29, 0.717) is 12.1 Å². The Hall–Kier alpha value is -0.170. The highest BCUT2D eigenvalue weighted by molar-refractivity contribution is 7.90. The van der Waals surface area contributed by atoms with E-state index in [-0.39, 0.29) is 5.75 Å². The SMILES string of the molecule is COC.COC[C@H]1CCC(C)N1CCCS(C)(=O)=O. The third-order valence-corrected chi connectivity index (χ3v) is 4.27. The zero-order chi connectivity index (χ0) is 14.9. The smallest absolute Gasteiger partial charge is 0.147 e. The van der Waals surface area contributed by atoms with Crippen molar-refractivity contribution in [3.63, 3.8) is 0 Å². The van der Waals surface area contributed by atoms with Gasteiger partial charge in [0.1, 0.15) is 9.84 Å². The van der Waals surface area contributed by atoms with Crippen LogP contribution in [0.4, 0.5) is 0 Å². The summed E-state index contributed by atoms with van der Waals surface area (Å²) >= 11 is 0. The fraction of sp³-hybridized carbons (Fsp3) is 1.00. The van der Waals surface area contributed by atoms with E-state index < -0.39 is 9.84 Å². The molecule has 19 heavy (non-hydrogen) atoms. The van der Waals surface area contributed by atoms with Crippen LogP contribution in [0.1, 0.15) is 26.2 Å². The number of hydrogen-bond donors (Lipinski definition) is 0. The van der Waals surface area contributed by atoms with Gasteiger partial charge in [0.2, 0.25) is 0 Å². The standard InChI is InChI=1S/C11H23NO3S.C2H6O/c1-10-5-6-11(9-15-2)12(10)7-4-8-16(3,13)14;1-3-2/h10-11H,4-9H2,1-3H3;1-2H3/t10?,11-;/m1./s1. The summed E-state index contributed by atoms with van der Waals surface area (Å²) in [7, 11) is 2.15. The van der Waals surface area contributed by atoms with Crippen LogP contribution in [0.25, 0.3) is 0 Å². The molecule has 0 aromatic heterocycles. The van der Waals surface area contributed by atoms with E-state index in [1.54, 1.807) is 21.3 Å². The average molecular weight is 295 g/mol. The second-order valence-electron chi connectivity index (χ2n) is 5.17. The molecule has 1 saturated heterocycles. The van der Waals surface area contributed by atoms with E-state index in [1.807, 2.05) is 0 Å². The molecule has 6 heteroatoms. The van der Waals surface area contributed by atoms with Crippen LogP contribution in [-0.2, 0) is 19.3 Å². The van der Waals surface area contributed by atoms with Crippen molar-refractivity contribution in [1.29, 1.82) is 0 Å². The van der Waals surface area contributed by atoms with Crippen LogP contribution >= 0.6 is 0 Å².